The van der Waals surface area contributed by atoms with Crippen LogP contribution in [0.1, 0.15) is 18.5 Å². The van der Waals surface area contributed by atoms with Crippen molar-refractivity contribution in [1.29, 1.82) is 0 Å². The van der Waals surface area contributed by atoms with E-state index in [9.17, 15) is 24.0 Å². The van der Waals surface area contributed by atoms with Gasteiger partial charge in [0.25, 0.3) is 5.56 Å². The standard InChI is InChI=1S/C11H14N4O6/c12-7(16)2-1-6(10(19)20)14-8(17)3-5-4-9(18)15-11(21)13-5/h4,6H,1-3H2,(H2,12,16)(H,14,17)(H,19,20)(H2,13,15,18,21). The van der Waals surface area contributed by atoms with E-state index in [1.54, 1.807) is 0 Å². The molecule has 1 rings (SSSR count). The summed E-state index contributed by atoms with van der Waals surface area (Å²) < 4.78 is 0. The summed E-state index contributed by atoms with van der Waals surface area (Å²) >= 11 is 0. The number of primary amides is 1. The first-order valence-electron chi connectivity index (χ1n) is 5.91. The zero-order valence-electron chi connectivity index (χ0n) is 10.8. The van der Waals surface area contributed by atoms with Gasteiger partial charge in [0.15, 0.2) is 0 Å². The Hall–Kier alpha value is -2.91. The SMILES string of the molecule is NC(=O)CCC(NC(=O)Cc1cc(=O)[nH]c(=O)[nH]1)C(=O)O. The first-order chi connectivity index (χ1) is 9.77. The van der Waals surface area contributed by atoms with Crippen LogP contribution in [0.15, 0.2) is 15.7 Å². The van der Waals surface area contributed by atoms with Crippen molar-refractivity contribution in [2.45, 2.75) is 25.3 Å². The van der Waals surface area contributed by atoms with Crippen molar-refractivity contribution in [3.8, 4) is 0 Å². The zero-order chi connectivity index (χ0) is 16.0. The van der Waals surface area contributed by atoms with Gasteiger partial charge >= 0.3 is 11.7 Å². The molecule has 0 aliphatic heterocycles. The zero-order valence-corrected chi connectivity index (χ0v) is 10.8. The summed E-state index contributed by atoms with van der Waals surface area (Å²) in [5.41, 5.74) is 3.50. The number of amides is 2. The predicted octanol–water partition coefficient (Wildman–Crippen LogP) is -2.56. The average Bonchev–Trinajstić information content (AvgIpc) is 2.32. The quantitative estimate of drug-likeness (QED) is 0.370. The summed E-state index contributed by atoms with van der Waals surface area (Å²) in [7, 11) is 0. The molecule has 1 unspecified atom stereocenters. The number of nitrogens with two attached hydrogens (primary N) is 1. The van der Waals surface area contributed by atoms with Crippen LogP contribution in [-0.4, -0.2) is 38.9 Å². The minimum absolute atomic E-state index is 0.0419. The van der Waals surface area contributed by atoms with Crippen molar-refractivity contribution in [2.75, 3.05) is 0 Å². The number of aliphatic carboxylic acids is 1. The average molecular weight is 298 g/mol. The molecule has 1 aromatic rings. The second-order valence-corrected chi connectivity index (χ2v) is 4.25. The maximum Gasteiger partial charge on any atom is 0.326 e. The molecule has 0 aromatic carbocycles. The highest BCUT2D eigenvalue weighted by molar-refractivity contribution is 5.85. The lowest BCUT2D eigenvalue weighted by Gasteiger charge is -2.13. The van der Waals surface area contributed by atoms with E-state index in [-0.39, 0.29) is 25.0 Å². The number of carbonyl (C=O) groups is 3. The van der Waals surface area contributed by atoms with Crippen molar-refractivity contribution in [3.05, 3.63) is 32.6 Å². The van der Waals surface area contributed by atoms with E-state index in [4.69, 9.17) is 10.8 Å². The summed E-state index contributed by atoms with van der Waals surface area (Å²) in [6, 6.07) is -0.265. The summed E-state index contributed by atoms with van der Waals surface area (Å²) in [6.45, 7) is 0. The molecule has 10 heteroatoms. The number of aromatic nitrogens is 2. The largest absolute Gasteiger partial charge is 0.480 e. The summed E-state index contributed by atoms with van der Waals surface area (Å²) in [6.07, 6.45) is -0.721. The Kier molecular flexibility index (Phi) is 5.40. The molecule has 1 aromatic heterocycles. The van der Waals surface area contributed by atoms with Gasteiger partial charge in [0, 0.05) is 18.2 Å². The van der Waals surface area contributed by atoms with Crippen LogP contribution < -0.4 is 22.3 Å². The van der Waals surface area contributed by atoms with Gasteiger partial charge in [0.2, 0.25) is 11.8 Å². The second kappa shape index (κ2) is 7.03. The van der Waals surface area contributed by atoms with E-state index < -0.39 is 35.1 Å². The molecule has 0 aliphatic carbocycles. The Morgan fingerprint density at radius 3 is 2.48 bits per heavy atom. The first kappa shape index (κ1) is 16.1. The van der Waals surface area contributed by atoms with E-state index in [0.29, 0.717) is 0 Å². The molecule has 0 spiro atoms. The van der Waals surface area contributed by atoms with Gasteiger partial charge in [-0.3, -0.25) is 19.4 Å². The predicted molar refractivity (Wildman–Crippen MR) is 69.4 cm³/mol. The van der Waals surface area contributed by atoms with E-state index in [2.05, 4.69) is 10.3 Å². The Morgan fingerprint density at radius 2 is 1.95 bits per heavy atom. The molecular weight excluding hydrogens is 284 g/mol. The van der Waals surface area contributed by atoms with Crippen molar-refractivity contribution >= 4 is 17.8 Å². The fourth-order valence-electron chi connectivity index (χ4n) is 1.58. The molecule has 2 amide bonds. The molecule has 114 valence electrons. The third-order valence-electron chi connectivity index (χ3n) is 2.48. The van der Waals surface area contributed by atoms with Gasteiger partial charge < -0.3 is 21.1 Å². The van der Waals surface area contributed by atoms with Crippen molar-refractivity contribution in [2.24, 2.45) is 5.73 Å². The third-order valence-corrected chi connectivity index (χ3v) is 2.48. The van der Waals surface area contributed by atoms with Crippen LogP contribution >= 0.6 is 0 Å². The van der Waals surface area contributed by atoms with Crippen LogP contribution in [0.2, 0.25) is 0 Å². The summed E-state index contributed by atoms with van der Waals surface area (Å²) in [5, 5.41) is 11.1. The first-order valence-corrected chi connectivity index (χ1v) is 5.91. The van der Waals surface area contributed by atoms with Crippen LogP contribution in [-0.2, 0) is 20.8 Å². The fraction of sp³-hybridized carbons (Fsp3) is 0.364. The molecule has 1 atom stereocenters. The van der Waals surface area contributed by atoms with E-state index in [0.717, 1.165) is 6.07 Å². The molecule has 21 heavy (non-hydrogen) atoms. The Bertz CT molecular complexity index is 633. The van der Waals surface area contributed by atoms with Crippen LogP contribution in [0.5, 0.6) is 0 Å². The molecule has 10 nitrogen and oxygen atoms in total. The Labute approximate surface area is 117 Å². The van der Waals surface area contributed by atoms with E-state index in [1.807, 2.05) is 4.98 Å². The number of hydrogen-bond donors (Lipinski definition) is 5. The van der Waals surface area contributed by atoms with Gasteiger partial charge in [0.05, 0.1) is 6.42 Å². The number of nitrogens with one attached hydrogen (secondary N) is 3. The molecule has 1 heterocycles. The summed E-state index contributed by atoms with van der Waals surface area (Å²) in [4.78, 5) is 59.4. The van der Waals surface area contributed by atoms with Crippen LogP contribution in [0.3, 0.4) is 0 Å². The monoisotopic (exact) mass is 298 g/mol. The van der Waals surface area contributed by atoms with Crippen LogP contribution in [0.25, 0.3) is 0 Å². The minimum atomic E-state index is -1.32. The van der Waals surface area contributed by atoms with Gasteiger partial charge in [0.1, 0.15) is 6.04 Å². The lowest BCUT2D eigenvalue weighted by molar-refractivity contribution is -0.142. The van der Waals surface area contributed by atoms with Crippen molar-refractivity contribution in [3.63, 3.8) is 0 Å². The smallest absolute Gasteiger partial charge is 0.326 e. The third kappa shape index (κ3) is 5.72. The number of H-pyrrole nitrogens is 2. The molecule has 0 saturated carbocycles. The van der Waals surface area contributed by atoms with Crippen molar-refractivity contribution < 1.29 is 19.5 Å². The molecule has 0 saturated heterocycles. The molecule has 6 N–H and O–H groups in total. The van der Waals surface area contributed by atoms with Crippen LogP contribution in [0.4, 0.5) is 0 Å². The second-order valence-electron chi connectivity index (χ2n) is 4.25. The number of carbonyl (C=O) groups excluding carboxylic acids is 2. The highest BCUT2D eigenvalue weighted by Crippen LogP contribution is 1.98. The molecule has 0 fully saturated rings. The molecular formula is C11H14N4O6. The van der Waals surface area contributed by atoms with E-state index >= 15 is 0 Å². The van der Waals surface area contributed by atoms with E-state index in [1.165, 1.54) is 0 Å². The highest BCUT2D eigenvalue weighted by atomic mass is 16.4. The Balaban J connectivity index is 2.69. The van der Waals surface area contributed by atoms with Crippen LogP contribution in [0, 0.1) is 0 Å². The highest BCUT2D eigenvalue weighted by Gasteiger charge is 2.20. The normalized spacial score (nSPS) is 11.6. The van der Waals surface area contributed by atoms with Gasteiger partial charge in [-0.05, 0) is 6.42 Å². The molecule has 0 aliphatic rings. The molecule has 0 radical (unpaired) electrons. The maximum atomic E-state index is 11.7. The lowest BCUT2D eigenvalue weighted by atomic mass is 10.1. The van der Waals surface area contributed by atoms with Gasteiger partial charge in [-0.1, -0.05) is 0 Å². The fourth-order valence-corrected chi connectivity index (χ4v) is 1.58. The number of hydrogen-bond acceptors (Lipinski definition) is 5. The van der Waals surface area contributed by atoms with Crippen molar-refractivity contribution in [1.82, 2.24) is 15.3 Å². The lowest BCUT2D eigenvalue weighted by Crippen LogP contribution is -2.42. The number of carboxylic acids is 1. The number of carboxylic acid groups (broad SMARTS) is 1. The summed E-state index contributed by atoms with van der Waals surface area (Å²) in [5.74, 6) is -2.72. The molecule has 0 bridgehead atoms. The maximum absolute atomic E-state index is 11.7. The number of aromatic amines is 2. The number of rotatable bonds is 7. The van der Waals surface area contributed by atoms with Gasteiger partial charge in [-0.25, -0.2) is 9.59 Å². The van der Waals surface area contributed by atoms with Gasteiger partial charge in [-0.2, -0.15) is 0 Å². The van der Waals surface area contributed by atoms with Gasteiger partial charge in [-0.15, -0.1) is 0 Å². The topological polar surface area (TPSA) is 175 Å². The Morgan fingerprint density at radius 1 is 1.29 bits per heavy atom. The minimum Gasteiger partial charge on any atom is -0.480 e.